The molecule has 0 aliphatic heterocycles. The number of sulfone groups is 1. The molecule has 0 heterocycles. The molecule has 1 aromatic rings. The van der Waals surface area contributed by atoms with E-state index in [1.807, 2.05) is 0 Å². The second-order valence-corrected chi connectivity index (χ2v) is 8.00. The molecule has 3 atom stereocenters. The molecule has 2 N–H and O–H groups in total. The Morgan fingerprint density at radius 3 is 2.67 bits per heavy atom. The van der Waals surface area contributed by atoms with Crippen molar-refractivity contribution >= 4 is 9.84 Å². The van der Waals surface area contributed by atoms with E-state index in [2.05, 4.69) is 6.92 Å². The van der Waals surface area contributed by atoms with E-state index in [0.717, 1.165) is 25.7 Å². The number of methoxy groups -OCH3 is 1. The highest BCUT2D eigenvalue weighted by atomic mass is 32.2. The van der Waals surface area contributed by atoms with Crippen molar-refractivity contribution in [3.63, 3.8) is 0 Å². The summed E-state index contributed by atoms with van der Waals surface area (Å²) in [6.07, 6.45) is 4.64. The van der Waals surface area contributed by atoms with Gasteiger partial charge in [-0.1, -0.05) is 31.9 Å². The molecular weight excluding hydrogens is 286 g/mol. The standard InChI is InChI=1S/C16H25NO3S/c1-3-6-12-9-10-13(17)16(11-12)21(18,19)15-8-5-4-7-14(15)20-2/h4-5,7-8,12-13,16H,3,6,9-11,17H2,1-2H3. The van der Waals surface area contributed by atoms with Gasteiger partial charge < -0.3 is 10.5 Å². The molecule has 0 spiro atoms. The van der Waals surface area contributed by atoms with E-state index in [9.17, 15) is 8.42 Å². The molecule has 0 saturated heterocycles. The van der Waals surface area contributed by atoms with Crippen LogP contribution in [0.2, 0.25) is 0 Å². The van der Waals surface area contributed by atoms with Crippen molar-refractivity contribution in [1.82, 2.24) is 0 Å². The molecule has 0 aromatic heterocycles. The fourth-order valence-electron chi connectivity index (χ4n) is 3.28. The zero-order valence-corrected chi connectivity index (χ0v) is 13.6. The SMILES string of the molecule is CCCC1CCC(N)C(S(=O)(=O)c2ccccc2OC)C1. The molecule has 0 bridgehead atoms. The Hall–Kier alpha value is -1.07. The molecule has 1 saturated carbocycles. The summed E-state index contributed by atoms with van der Waals surface area (Å²) in [7, 11) is -1.96. The van der Waals surface area contributed by atoms with Crippen LogP contribution >= 0.6 is 0 Å². The van der Waals surface area contributed by atoms with Crippen LogP contribution in [0.5, 0.6) is 5.75 Å². The number of hydrogen-bond acceptors (Lipinski definition) is 4. The lowest BCUT2D eigenvalue weighted by Crippen LogP contribution is -2.45. The third kappa shape index (κ3) is 3.40. The molecular formula is C16H25NO3S. The van der Waals surface area contributed by atoms with Gasteiger partial charge in [0, 0.05) is 6.04 Å². The van der Waals surface area contributed by atoms with Gasteiger partial charge in [-0.25, -0.2) is 8.42 Å². The normalized spacial score (nSPS) is 26.5. The van der Waals surface area contributed by atoms with Gasteiger partial charge in [-0.2, -0.15) is 0 Å². The van der Waals surface area contributed by atoms with Gasteiger partial charge in [-0.3, -0.25) is 0 Å². The smallest absolute Gasteiger partial charge is 0.186 e. The molecule has 1 aliphatic rings. The number of para-hydroxylation sites is 1. The average Bonchev–Trinajstić information content (AvgIpc) is 2.49. The van der Waals surface area contributed by atoms with E-state index >= 15 is 0 Å². The third-order valence-electron chi connectivity index (χ3n) is 4.42. The molecule has 2 rings (SSSR count). The Bertz CT molecular complexity index is 571. The van der Waals surface area contributed by atoms with Crippen LogP contribution in [-0.4, -0.2) is 26.8 Å². The van der Waals surface area contributed by atoms with Crippen molar-refractivity contribution in [3.8, 4) is 5.75 Å². The fraction of sp³-hybridized carbons (Fsp3) is 0.625. The van der Waals surface area contributed by atoms with E-state index in [1.54, 1.807) is 24.3 Å². The number of hydrogen-bond donors (Lipinski definition) is 1. The first-order valence-corrected chi connectivity index (χ1v) is 9.17. The average molecular weight is 311 g/mol. The van der Waals surface area contributed by atoms with Crippen LogP contribution in [0.15, 0.2) is 29.2 Å². The molecule has 0 amide bonds. The van der Waals surface area contributed by atoms with Gasteiger partial charge in [0.15, 0.2) is 9.84 Å². The zero-order valence-electron chi connectivity index (χ0n) is 12.8. The van der Waals surface area contributed by atoms with E-state index in [4.69, 9.17) is 10.5 Å². The quantitative estimate of drug-likeness (QED) is 0.908. The minimum Gasteiger partial charge on any atom is -0.495 e. The van der Waals surface area contributed by atoms with Gasteiger partial charge in [0.2, 0.25) is 0 Å². The predicted molar refractivity (Wildman–Crippen MR) is 84.2 cm³/mol. The van der Waals surface area contributed by atoms with Gasteiger partial charge in [0.05, 0.1) is 12.4 Å². The third-order valence-corrected chi connectivity index (χ3v) is 6.71. The van der Waals surface area contributed by atoms with Gasteiger partial charge in [-0.15, -0.1) is 0 Å². The van der Waals surface area contributed by atoms with Gasteiger partial charge in [0.1, 0.15) is 10.6 Å². The second-order valence-electron chi connectivity index (χ2n) is 5.87. The highest BCUT2D eigenvalue weighted by molar-refractivity contribution is 7.92. The summed E-state index contributed by atoms with van der Waals surface area (Å²) in [4.78, 5) is 0.269. The number of ether oxygens (including phenoxy) is 1. The maximum Gasteiger partial charge on any atom is 0.186 e. The highest BCUT2D eigenvalue weighted by Gasteiger charge is 2.39. The number of nitrogens with two attached hydrogens (primary N) is 1. The molecule has 1 fully saturated rings. The summed E-state index contributed by atoms with van der Waals surface area (Å²) in [6, 6.07) is 6.52. The summed E-state index contributed by atoms with van der Waals surface area (Å²) in [5, 5.41) is -0.501. The minimum absolute atomic E-state index is 0.269. The Labute approximate surface area is 127 Å². The summed E-state index contributed by atoms with van der Waals surface area (Å²) >= 11 is 0. The van der Waals surface area contributed by atoms with Crippen molar-refractivity contribution in [3.05, 3.63) is 24.3 Å². The summed E-state index contributed by atoms with van der Waals surface area (Å²) in [6.45, 7) is 2.14. The highest BCUT2D eigenvalue weighted by Crippen LogP contribution is 2.36. The molecule has 4 nitrogen and oxygen atoms in total. The monoisotopic (exact) mass is 311 g/mol. The summed E-state index contributed by atoms with van der Waals surface area (Å²) < 4.78 is 31.1. The van der Waals surface area contributed by atoms with Crippen molar-refractivity contribution in [2.75, 3.05) is 7.11 Å². The predicted octanol–water partition coefficient (Wildman–Crippen LogP) is 2.77. The van der Waals surface area contributed by atoms with Gasteiger partial charge in [0.25, 0.3) is 0 Å². The van der Waals surface area contributed by atoms with Gasteiger partial charge in [-0.05, 0) is 37.3 Å². The summed E-state index contributed by atoms with van der Waals surface area (Å²) in [5.41, 5.74) is 6.13. The number of benzene rings is 1. The fourth-order valence-corrected chi connectivity index (χ4v) is 5.43. The van der Waals surface area contributed by atoms with Crippen LogP contribution in [0.3, 0.4) is 0 Å². The molecule has 21 heavy (non-hydrogen) atoms. The molecule has 1 aromatic carbocycles. The summed E-state index contributed by atoms with van der Waals surface area (Å²) in [5.74, 6) is 0.867. The molecule has 1 aliphatic carbocycles. The maximum absolute atomic E-state index is 13.0. The molecule has 3 unspecified atom stereocenters. The molecule has 5 heteroatoms. The first-order valence-electron chi connectivity index (χ1n) is 7.63. The zero-order chi connectivity index (χ0) is 15.5. The van der Waals surface area contributed by atoms with Crippen LogP contribution in [0.1, 0.15) is 39.0 Å². The van der Waals surface area contributed by atoms with E-state index < -0.39 is 15.1 Å². The number of rotatable bonds is 5. The second kappa shape index (κ2) is 6.79. The van der Waals surface area contributed by atoms with E-state index in [0.29, 0.717) is 18.1 Å². The van der Waals surface area contributed by atoms with Crippen LogP contribution in [0.25, 0.3) is 0 Å². The lowest BCUT2D eigenvalue weighted by Gasteiger charge is -2.33. The topological polar surface area (TPSA) is 69.4 Å². The first kappa shape index (κ1) is 16.3. The van der Waals surface area contributed by atoms with Crippen LogP contribution < -0.4 is 10.5 Å². The largest absolute Gasteiger partial charge is 0.495 e. The molecule has 0 radical (unpaired) electrons. The Morgan fingerprint density at radius 1 is 1.29 bits per heavy atom. The van der Waals surface area contributed by atoms with Crippen molar-refractivity contribution in [1.29, 1.82) is 0 Å². The lowest BCUT2D eigenvalue weighted by atomic mass is 9.83. The van der Waals surface area contributed by atoms with Crippen LogP contribution in [-0.2, 0) is 9.84 Å². The van der Waals surface area contributed by atoms with Gasteiger partial charge >= 0.3 is 0 Å². The van der Waals surface area contributed by atoms with Crippen LogP contribution in [0, 0.1) is 5.92 Å². The molecule has 118 valence electrons. The van der Waals surface area contributed by atoms with Crippen molar-refractivity contribution < 1.29 is 13.2 Å². The van der Waals surface area contributed by atoms with Crippen LogP contribution in [0.4, 0.5) is 0 Å². The Morgan fingerprint density at radius 2 is 2.00 bits per heavy atom. The van der Waals surface area contributed by atoms with Crippen molar-refractivity contribution in [2.24, 2.45) is 11.7 Å². The maximum atomic E-state index is 13.0. The Kier molecular flexibility index (Phi) is 5.27. The van der Waals surface area contributed by atoms with Crippen molar-refractivity contribution in [2.45, 2.75) is 55.2 Å². The lowest BCUT2D eigenvalue weighted by molar-refractivity contribution is 0.308. The first-order chi connectivity index (χ1) is 10.0. The Balaban J connectivity index is 2.33. The minimum atomic E-state index is -3.46. The van der Waals surface area contributed by atoms with E-state index in [1.165, 1.54) is 7.11 Å². The van der Waals surface area contributed by atoms with E-state index in [-0.39, 0.29) is 10.9 Å².